The number of ether oxygens (including phenoxy) is 2. The first kappa shape index (κ1) is 17.0. The molecule has 0 saturated carbocycles. The summed E-state index contributed by atoms with van der Waals surface area (Å²) in [5.41, 5.74) is 0. The van der Waals surface area contributed by atoms with Crippen molar-refractivity contribution in [1.82, 2.24) is 14.7 Å². The predicted octanol–water partition coefficient (Wildman–Crippen LogP) is 0.921. The third kappa shape index (κ3) is 3.82. The van der Waals surface area contributed by atoms with Crippen molar-refractivity contribution in [3.63, 3.8) is 0 Å². The van der Waals surface area contributed by atoms with E-state index in [9.17, 15) is 4.79 Å². The Morgan fingerprint density at radius 2 is 1.83 bits per heavy atom. The molecule has 132 valence electrons. The first-order valence-electron chi connectivity index (χ1n) is 8.53. The summed E-state index contributed by atoms with van der Waals surface area (Å²) in [5.74, 6) is 1.70. The third-order valence-corrected chi connectivity index (χ3v) is 4.95. The molecular weight excluding hydrogens is 306 g/mol. The number of carbonyl (C=O) groups excluding carboxylic acids is 1. The van der Waals surface area contributed by atoms with Gasteiger partial charge in [0.2, 0.25) is 5.91 Å². The Kier molecular flexibility index (Phi) is 5.26. The molecule has 0 aliphatic carbocycles. The van der Waals surface area contributed by atoms with Gasteiger partial charge in [-0.1, -0.05) is 12.1 Å². The van der Waals surface area contributed by atoms with Gasteiger partial charge in [0, 0.05) is 32.1 Å². The van der Waals surface area contributed by atoms with Crippen LogP contribution in [0.15, 0.2) is 24.3 Å². The number of amides is 1. The zero-order valence-electron chi connectivity index (χ0n) is 14.8. The topological polar surface area (TPSA) is 45.3 Å². The molecule has 6 heteroatoms. The summed E-state index contributed by atoms with van der Waals surface area (Å²) in [5, 5.41) is 0. The van der Waals surface area contributed by atoms with E-state index in [1.165, 1.54) is 0 Å². The lowest BCUT2D eigenvalue weighted by molar-refractivity contribution is -0.141. The molecule has 1 aromatic rings. The average molecular weight is 333 g/mol. The third-order valence-electron chi connectivity index (χ3n) is 4.95. The largest absolute Gasteiger partial charge is 0.493 e. The van der Waals surface area contributed by atoms with Crippen molar-refractivity contribution in [3.05, 3.63) is 24.3 Å². The van der Waals surface area contributed by atoms with Gasteiger partial charge in [0.05, 0.1) is 20.2 Å². The summed E-state index contributed by atoms with van der Waals surface area (Å²) >= 11 is 0. The lowest BCUT2D eigenvalue weighted by atomic mass is 10.1. The molecule has 2 fully saturated rings. The Morgan fingerprint density at radius 3 is 2.54 bits per heavy atom. The lowest BCUT2D eigenvalue weighted by Gasteiger charge is -2.42. The molecule has 0 radical (unpaired) electrons. The zero-order chi connectivity index (χ0) is 17.1. The van der Waals surface area contributed by atoms with Crippen LogP contribution < -0.4 is 9.47 Å². The number of carbonyl (C=O) groups is 1. The Hall–Kier alpha value is -1.79. The minimum Gasteiger partial charge on any atom is -0.493 e. The Balaban J connectivity index is 1.46. The van der Waals surface area contributed by atoms with E-state index in [2.05, 4.69) is 23.9 Å². The number of rotatable bonds is 5. The predicted molar refractivity (Wildman–Crippen MR) is 92.5 cm³/mol. The highest BCUT2D eigenvalue weighted by atomic mass is 16.5. The number of hydrogen-bond acceptors (Lipinski definition) is 5. The Morgan fingerprint density at radius 1 is 1.12 bits per heavy atom. The van der Waals surface area contributed by atoms with Gasteiger partial charge >= 0.3 is 0 Å². The maximum atomic E-state index is 12.5. The monoisotopic (exact) mass is 333 g/mol. The zero-order valence-corrected chi connectivity index (χ0v) is 14.8. The summed E-state index contributed by atoms with van der Waals surface area (Å²) in [6.07, 6.45) is 0.638. The number of benzene rings is 1. The van der Waals surface area contributed by atoms with Gasteiger partial charge in [-0.2, -0.15) is 0 Å². The number of nitrogens with zero attached hydrogens (tertiary/aromatic N) is 3. The molecule has 1 amide bonds. The molecule has 2 aliphatic rings. The molecule has 24 heavy (non-hydrogen) atoms. The molecule has 1 aromatic carbocycles. The fourth-order valence-electron chi connectivity index (χ4n) is 3.26. The van der Waals surface area contributed by atoms with Crippen LogP contribution in [0.3, 0.4) is 0 Å². The van der Waals surface area contributed by atoms with Gasteiger partial charge in [-0.25, -0.2) is 0 Å². The Labute approximate surface area is 143 Å². The summed E-state index contributed by atoms with van der Waals surface area (Å²) in [6, 6.07) is 7.93. The normalized spacial score (nSPS) is 23.0. The van der Waals surface area contributed by atoms with Gasteiger partial charge in [0.1, 0.15) is 6.10 Å². The molecule has 3 rings (SSSR count). The van der Waals surface area contributed by atoms with Crippen LogP contribution in [0.1, 0.15) is 6.42 Å². The van der Waals surface area contributed by atoms with Crippen molar-refractivity contribution >= 4 is 5.91 Å². The molecule has 0 aromatic heterocycles. The highest BCUT2D eigenvalue weighted by Gasteiger charge is 2.35. The smallest absolute Gasteiger partial charge is 0.224 e. The van der Waals surface area contributed by atoms with E-state index in [0.717, 1.165) is 31.1 Å². The van der Waals surface area contributed by atoms with E-state index >= 15 is 0 Å². The summed E-state index contributed by atoms with van der Waals surface area (Å²) < 4.78 is 11.2. The van der Waals surface area contributed by atoms with Crippen LogP contribution in [0.2, 0.25) is 0 Å². The summed E-state index contributed by atoms with van der Waals surface area (Å²) in [4.78, 5) is 18.9. The van der Waals surface area contributed by atoms with Crippen molar-refractivity contribution < 1.29 is 14.3 Å². The molecule has 2 saturated heterocycles. The van der Waals surface area contributed by atoms with Crippen molar-refractivity contribution in [2.75, 3.05) is 53.9 Å². The van der Waals surface area contributed by atoms with Crippen LogP contribution in [0.4, 0.5) is 0 Å². The quantitative estimate of drug-likeness (QED) is 0.802. The lowest BCUT2D eigenvalue weighted by Crippen LogP contribution is -2.58. The van der Waals surface area contributed by atoms with Crippen LogP contribution in [-0.2, 0) is 4.79 Å². The van der Waals surface area contributed by atoms with Crippen LogP contribution in [-0.4, -0.2) is 86.7 Å². The fraction of sp³-hybridized carbons (Fsp3) is 0.611. The highest BCUT2D eigenvalue weighted by Crippen LogP contribution is 2.29. The maximum Gasteiger partial charge on any atom is 0.224 e. The van der Waals surface area contributed by atoms with Crippen LogP contribution in [0.5, 0.6) is 11.5 Å². The summed E-state index contributed by atoms with van der Waals surface area (Å²) in [7, 11) is 5.86. The number of piperazine rings is 1. The molecule has 0 unspecified atom stereocenters. The maximum absolute atomic E-state index is 12.5. The number of likely N-dealkylation sites (tertiary alicyclic amines) is 1. The molecule has 0 bridgehead atoms. The van der Waals surface area contributed by atoms with Gasteiger partial charge in [0.15, 0.2) is 11.5 Å². The molecule has 1 atom stereocenters. The molecular formula is C18H27N3O3. The van der Waals surface area contributed by atoms with Gasteiger partial charge in [0.25, 0.3) is 0 Å². The van der Waals surface area contributed by atoms with Crippen LogP contribution in [0, 0.1) is 0 Å². The number of hydrogen-bond donors (Lipinski definition) is 0. The van der Waals surface area contributed by atoms with Crippen LogP contribution >= 0.6 is 0 Å². The molecule has 0 spiro atoms. The second-order valence-electron chi connectivity index (χ2n) is 6.79. The van der Waals surface area contributed by atoms with E-state index < -0.39 is 0 Å². The fourth-order valence-corrected chi connectivity index (χ4v) is 3.26. The first-order valence-corrected chi connectivity index (χ1v) is 8.53. The van der Waals surface area contributed by atoms with Crippen molar-refractivity contribution in [1.29, 1.82) is 0 Å². The molecule has 2 aliphatic heterocycles. The number of para-hydroxylation sites is 2. The van der Waals surface area contributed by atoms with Gasteiger partial charge in [-0.05, 0) is 26.2 Å². The summed E-state index contributed by atoms with van der Waals surface area (Å²) in [6.45, 7) is 4.36. The van der Waals surface area contributed by atoms with E-state index in [0.29, 0.717) is 25.6 Å². The SMILES string of the molecule is COc1ccccc1OC1CN(C(=O)C[C@H]2CN(C)CCN2C)C1. The second-order valence-corrected chi connectivity index (χ2v) is 6.79. The highest BCUT2D eigenvalue weighted by molar-refractivity contribution is 5.77. The minimum atomic E-state index is 0.0528. The van der Waals surface area contributed by atoms with Gasteiger partial charge in [-0.15, -0.1) is 0 Å². The standard InChI is InChI=1S/C18H27N3O3/c1-19-8-9-20(2)14(11-19)10-18(22)21-12-15(13-21)24-17-7-5-4-6-16(17)23-3/h4-7,14-15H,8-13H2,1-3H3/t14-/m0/s1. The first-order chi connectivity index (χ1) is 11.6. The van der Waals surface area contributed by atoms with E-state index in [4.69, 9.17) is 9.47 Å². The van der Waals surface area contributed by atoms with Gasteiger partial charge < -0.3 is 24.2 Å². The van der Waals surface area contributed by atoms with Crippen molar-refractivity contribution in [3.8, 4) is 11.5 Å². The average Bonchev–Trinajstić information content (AvgIpc) is 2.54. The van der Waals surface area contributed by atoms with E-state index in [-0.39, 0.29) is 12.0 Å². The molecule has 0 N–H and O–H groups in total. The second kappa shape index (κ2) is 7.40. The number of likely N-dealkylation sites (N-methyl/N-ethyl adjacent to an activating group) is 2. The van der Waals surface area contributed by atoms with Crippen LogP contribution in [0.25, 0.3) is 0 Å². The minimum absolute atomic E-state index is 0.0528. The van der Waals surface area contributed by atoms with E-state index in [1.54, 1.807) is 7.11 Å². The molecule has 6 nitrogen and oxygen atoms in total. The van der Waals surface area contributed by atoms with Gasteiger partial charge in [-0.3, -0.25) is 4.79 Å². The van der Waals surface area contributed by atoms with E-state index in [1.807, 2.05) is 29.2 Å². The number of methoxy groups -OCH3 is 1. The molecule has 2 heterocycles. The van der Waals surface area contributed by atoms with Crippen molar-refractivity contribution in [2.24, 2.45) is 0 Å². The van der Waals surface area contributed by atoms with Crippen molar-refractivity contribution in [2.45, 2.75) is 18.6 Å². The Bertz CT molecular complexity index is 574.